The summed E-state index contributed by atoms with van der Waals surface area (Å²) in [4.78, 5) is 0. The van der Waals surface area contributed by atoms with E-state index in [9.17, 15) is 4.39 Å². The summed E-state index contributed by atoms with van der Waals surface area (Å²) in [6, 6.07) is 3.95. The summed E-state index contributed by atoms with van der Waals surface area (Å²) in [6.45, 7) is 0. The molecule has 0 N–H and O–H groups in total. The van der Waals surface area contributed by atoms with Crippen LogP contribution in [0.25, 0.3) is 0 Å². The monoisotopic (exact) mass is 218 g/mol. The van der Waals surface area contributed by atoms with Gasteiger partial charge in [0.2, 0.25) is 0 Å². The molecule has 0 radical (unpaired) electrons. The van der Waals surface area contributed by atoms with Crippen LogP contribution in [0.2, 0.25) is 0 Å². The van der Waals surface area contributed by atoms with Gasteiger partial charge >= 0.3 is 0 Å². The third-order valence-electron chi connectivity index (χ3n) is 4.24. The second-order valence-electron chi connectivity index (χ2n) is 5.42. The van der Waals surface area contributed by atoms with E-state index in [1.165, 1.54) is 43.2 Å². The summed E-state index contributed by atoms with van der Waals surface area (Å²) < 4.78 is 13.9. The summed E-state index contributed by atoms with van der Waals surface area (Å²) in [5, 5.41) is 0. The minimum atomic E-state index is 0.0487. The molecule has 0 bridgehead atoms. The van der Waals surface area contributed by atoms with Crippen LogP contribution in [0, 0.1) is 11.7 Å². The molecule has 2 aliphatic rings. The molecule has 0 atom stereocenters. The molecule has 0 amide bonds. The maximum atomic E-state index is 13.9. The molecule has 0 saturated heterocycles. The Morgan fingerprint density at radius 1 is 1.00 bits per heavy atom. The van der Waals surface area contributed by atoms with Crippen LogP contribution in [0.3, 0.4) is 0 Å². The highest BCUT2D eigenvalue weighted by Gasteiger charge is 2.19. The van der Waals surface area contributed by atoms with Crippen molar-refractivity contribution in [1.82, 2.24) is 0 Å². The number of hydrogen-bond donors (Lipinski definition) is 0. The lowest BCUT2D eigenvalue weighted by Crippen LogP contribution is -2.02. The summed E-state index contributed by atoms with van der Waals surface area (Å²) in [6.07, 6.45) is 9.71. The molecule has 0 nitrogen and oxygen atoms in total. The van der Waals surface area contributed by atoms with Gasteiger partial charge in [-0.3, -0.25) is 0 Å². The standard InChI is InChI=1S/C15H19F/c16-15-10-13-7-3-6-12(13)9-14(15)8-11-4-1-2-5-11/h9-11H,1-8H2. The Morgan fingerprint density at radius 3 is 2.44 bits per heavy atom. The maximum absolute atomic E-state index is 13.9. The molecule has 1 aromatic rings. The average Bonchev–Trinajstić information content (AvgIpc) is 2.89. The van der Waals surface area contributed by atoms with Crippen molar-refractivity contribution in [1.29, 1.82) is 0 Å². The highest BCUT2D eigenvalue weighted by molar-refractivity contribution is 5.36. The van der Waals surface area contributed by atoms with E-state index in [1.807, 2.05) is 0 Å². The molecule has 86 valence electrons. The fourth-order valence-electron chi connectivity index (χ4n) is 3.33. The van der Waals surface area contributed by atoms with Crippen molar-refractivity contribution in [3.63, 3.8) is 0 Å². The predicted octanol–water partition coefficient (Wildman–Crippen LogP) is 4.05. The summed E-state index contributed by atoms with van der Waals surface area (Å²) >= 11 is 0. The van der Waals surface area contributed by atoms with Gasteiger partial charge in [-0.15, -0.1) is 0 Å². The molecule has 0 aliphatic heterocycles. The second kappa shape index (κ2) is 4.20. The predicted molar refractivity (Wildman–Crippen MR) is 64.1 cm³/mol. The summed E-state index contributed by atoms with van der Waals surface area (Å²) in [5.41, 5.74) is 3.65. The van der Waals surface area contributed by atoms with Crippen LogP contribution in [0.4, 0.5) is 4.39 Å². The zero-order valence-electron chi connectivity index (χ0n) is 9.77. The second-order valence-corrected chi connectivity index (χ2v) is 5.42. The molecule has 0 spiro atoms. The van der Waals surface area contributed by atoms with Crippen LogP contribution in [-0.4, -0.2) is 0 Å². The fourth-order valence-corrected chi connectivity index (χ4v) is 3.33. The Hall–Kier alpha value is -0.850. The number of rotatable bonds is 2. The zero-order valence-corrected chi connectivity index (χ0v) is 9.77. The molecule has 0 unspecified atom stereocenters. The van der Waals surface area contributed by atoms with Crippen molar-refractivity contribution in [3.05, 3.63) is 34.6 Å². The smallest absolute Gasteiger partial charge is 0.126 e. The maximum Gasteiger partial charge on any atom is 0.126 e. The van der Waals surface area contributed by atoms with Gasteiger partial charge in [0, 0.05) is 0 Å². The van der Waals surface area contributed by atoms with Gasteiger partial charge in [0.1, 0.15) is 5.82 Å². The van der Waals surface area contributed by atoms with Crippen molar-refractivity contribution < 1.29 is 4.39 Å². The molecule has 16 heavy (non-hydrogen) atoms. The first kappa shape index (κ1) is 10.3. The molecule has 1 aromatic carbocycles. The van der Waals surface area contributed by atoms with Crippen LogP contribution < -0.4 is 0 Å². The normalized spacial score (nSPS) is 20.3. The van der Waals surface area contributed by atoms with Crippen LogP contribution in [-0.2, 0) is 19.3 Å². The van der Waals surface area contributed by atoms with Crippen molar-refractivity contribution in [3.8, 4) is 0 Å². The van der Waals surface area contributed by atoms with Crippen LogP contribution in [0.5, 0.6) is 0 Å². The third-order valence-corrected chi connectivity index (χ3v) is 4.24. The number of benzene rings is 1. The Morgan fingerprint density at radius 2 is 1.69 bits per heavy atom. The van der Waals surface area contributed by atoms with Crippen LogP contribution >= 0.6 is 0 Å². The van der Waals surface area contributed by atoms with E-state index in [4.69, 9.17) is 0 Å². The molecule has 0 aromatic heterocycles. The molecule has 1 fully saturated rings. The van der Waals surface area contributed by atoms with Gasteiger partial charge < -0.3 is 0 Å². The van der Waals surface area contributed by atoms with E-state index in [-0.39, 0.29) is 5.82 Å². The first-order valence-corrected chi connectivity index (χ1v) is 6.63. The van der Waals surface area contributed by atoms with Gasteiger partial charge in [0.15, 0.2) is 0 Å². The van der Waals surface area contributed by atoms with E-state index >= 15 is 0 Å². The number of halogens is 1. The highest BCUT2D eigenvalue weighted by Crippen LogP contribution is 2.31. The first-order valence-electron chi connectivity index (χ1n) is 6.63. The molecular weight excluding hydrogens is 199 g/mol. The Balaban J connectivity index is 1.83. The Bertz CT molecular complexity index is 389. The van der Waals surface area contributed by atoms with Crippen LogP contribution in [0.15, 0.2) is 12.1 Å². The number of hydrogen-bond acceptors (Lipinski definition) is 0. The van der Waals surface area contributed by atoms with E-state index in [0.29, 0.717) is 0 Å². The number of fused-ring (bicyclic) bond motifs is 1. The first-order chi connectivity index (χ1) is 7.83. The van der Waals surface area contributed by atoms with E-state index in [1.54, 1.807) is 6.07 Å². The Kier molecular flexibility index (Phi) is 2.70. The summed E-state index contributed by atoms with van der Waals surface area (Å²) in [7, 11) is 0. The van der Waals surface area contributed by atoms with Gasteiger partial charge in [-0.1, -0.05) is 31.7 Å². The largest absolute Gasteiger partial charge is 0.207 e. The topological polar surface area (TPSA) is 0 Å². The SMILES string of the molecule is Fc1cc2c(cc1CC1CCCC1)CCC2. The minimum absolute atomic E-state index is 0.0487. The van der Waals surface area contributed by atoms with Crippen LogP contribution in [0.1, 0.15) is 48.8 Å². The lowest BCUT2D eigenvalue weighted by atomic mass is 9.95. The quantitative estimate of drug-likeness (QED) is 0.702. The van der Waals surface area contributed by atoms with Gasteiger partial charge in [-0.05, 0) is 54.4 Å². The van der Waals surface area contributed by atoms with Gasteiger partial charge in [-0.2, -0.15) is 0 Å². The Labute approximate surface area is 96.9 Å². The van der Waals surface area contributed by atoms with Crippen molar-refractivity contribution >= 4 is 0 Å². The lowest BCUT2D eigenvalue weighted by Gasteiger charge is -2.11. The van der Waals surface area contributed by atoms with E-state index < -0.39 is 0 Å². The molecule has 1 saturated carbocycles. The highest BCUT2D eigenvalue weighted by atomic mass is 19.1. The lowest BCUT2D eigenvalue weighted by molar-refractivity contribution is 0.520. The average molecular weight is 218 g/mol. The molecular formula is C15H19F. The number of aryl methyl sites for hydroxylation is 2. The van der Waals surface area contributed by atoms with Crippen molar-refractivity contribution in [2.45, 2.75) is 51.4 Å². The van der Waals surface area contributed by atoms with Crippen molar-refractivity contribution in [2.75, 3.05) is 0 Å². The van der Waals surface area contributed by atoms with Gasteiger partial charge in [-0.25, -0.2) is 4.39 Å². The molecule has 3 rings (SSSR count). The fraction of sp³-hybridized carbons (Fsp3) is 0.600. The van der Waals surface area contributed by atoms with Crippen molar-refractivity contribution in [2.24, 2.45) is 5.92 Å². The zero-order chi connectivity index (χ0) is 11.0. The van der Waals surface area contributed by atoms with E-state index in [2.05, 4.69) is 6.07 Å². The van der Waals surface area contributed by atoms with Gasteiger partial charge in [0.05, 0.1) is 0 Å². The summed E-state index contributed by atoms with van der Waals surface area (Å²) in [5.74, 6) is 0.793. The molecule has 1 heteroatoms. The third kappa shape index (κ3) is 1.88. The molecule has 2 aliphatic carbocycles. The minimum Gasteiger partial charge on any atom is -0.207 e. The van der Waals surface area contributed by atoms with E-state index in [0.717, 1.165) is 30.7 Å². The van der Waals surface area contributed by atoms with Gasteiger partial charge in [0.25, 0.3) is 0 Å². The molecule has 0 heterocycles.